The Kier molecular flexibility index (Phi) is 6.11. The molecule has 110 valence electrons. The van der Waals surface area contributed by atoms with E-state index >= 15 is 0 Å². The number of ether oxygens (including phenoxy) is 1. The van der Waals surface area contributed by atoms with Crippen LogP contribution in [0.25, 0.3) is 0 Å². The summed E-state index contributed by atoms with van der Waals surface area (Å²) in [7, 11) is 0. The van der Waals surface area contributed by atoms with Gasteiger partial charge in [0.2, 0.25) is 5.91 Å². The van der Waals surface area contributed by atoms with Crippen LogP contribution in [0.2, 0.25) is 0 Å². The van der Waals surface area contributed by atoms with Gasteiger partial charge in [0.25, 0.3) is 0 Å². The highest BCUT2D eigenvalue weighted by molar-refractivity contribution is 5.78. The molecule has 2 rings (SSSR count). The smallest absolute Gasteiger partial charge is 0.223 e. The van der Waals surface area contributed by atoms with E-state index in [2.05, 4.69) is 5.32 Å². The Bertz CT molecular complexity index is 277. The van der Waals surface area contributed by atoms with Crippen LogP contribution < -0.4 is 11.1 Å². The molecule has 2 aliphatic carbocycles. The molecule has 2 saturated carbocycles. The van der Waals surface area contributed by atoms with Crippen LogP contribution in [0.5, 0.6) is 0 Å². The molecule has 2 aliphatic rings. The Balaban J connectivity index is 1.55. The standard InChI is InChI=1S/C15H28N2O2/c16-13-6-4-5-12(11-13)15(18)17-9-10-19-14-7-2-1-3-8-14/h12-14H,1-11,16H2,(H,17,18). The van der Waals surface area contributed by atoms with Gasteiger partial charge in [-0.3, -0.25) is 4.79 Å². The summed E-state index contributed by atoms with van der Waals surface area (Å²) in [5, 5.41) is 2.99. The van der Waals surface area contributed by atoms with Gasteiger partial charge in [0.1, 0.15) is 0 Å². The maximum absolute atomic E-state index is 12.0. The number of carbonyl (C=O) groups excluding carboxylic acids is 1. The molecule has 0 bridgehead atoms. The van der Waals surface area contributed by atoms with E-state index in [-0.39, 0.29) is 17.9 Å². The van der Waals surface area contributed by atoms with Gasteiger partial charge in [-0.25, -0.2) is 0 Å². The molecule has 0 aliphatic heterocycles. The van der Waals surface area contributed by atoms with Crippen LogP contribution in [0.3, 0.4) is 0 Å². The molecule has 0 aromatic rings. The maximum Gasteiger partial charge on any atom is 0.223 e. The summed E-state index contributed by atoms with van der Waals surface area (Å²) in [6, 6.07) is 0.211. The summed E-state index contributed by atoms with van der Waals surface area (Å²) in [6.07, 6.45) is 10.7. The molecule has 0 spiro atoms. The number of amides is 1. The van der Waals surface area contributed by atoms with Crippen LogP contribution in [-0.4, -0.2) is 31.2 Å². The van der Waals surface area contributed by atoms with Gasteiger partial charge in [0.05, 0.1) is 12.7 Å². The van der Waals surface area contributed by atoms with Crippen molar-refractivity contribution in [3.63, 3.8) is 0 Å². The minimum atomic E-state index is 0.124. The molecule has 0 heterocycles. The van der Waals surface area contributed by atoms with Crippen molar-refractivity contribution in [3.8, 4) is 0 Å². The van der Waals surface area contributed by atoms with Crippen molar-refractivity contribution in [3.05, 3.63) is 0 Å². The van der Waals surface area contributed by atoms with Gasteiger partial charge in [0, 0.05) is 18.5 Å². The molecule has 3 N–H and O–H groups in total. The highest BCUT2D eigenvalue weighted by Crippen LogP contribution is 2.23. The number of carbonyl (C=O) groups is 1. The van der Waals surface area contributed by atoms with Gasteiger partial charge < -0.3 is 15.8 Å². The second-order valence-electron chi connectivity index (χ2n) is 6.05. The summed E-state index contributed by atoms with van der Waals surface area (Å²) in [6.45, 7) is 1.29. The summed E-state index contributed by atoms with van der Waals surface area (Å²) < 4.78 is 5.80. The van der Waals surface area contributed by atoms with Crippen LogP contribution in [0.1, 0.15) is 57.8 Å². The van der Waals surface area contributed by atoms with Crippen molar-refractivity contribution >= 4 is 5.91 Å². The fourth-order valence-corrected chi connectivity index (χ4v) is 3.24. The minimum absolute atomic E-state index is 0.124. The molecule has 2 unspecified atom stereocenters. The van der Waals surface area contributed by atoms with Gasteiger partial charge in [-0.05, 0) is 32.1 Å². The SMILES string of the molecule is NC1CCCC(C(=O)NCCOC2CCCCC2)C1. The highest BCUT2D eigenvalue weighted by Gasteiger charge is 2.24. The molecular formula is C15H28N2O2. The molecular weight excluding hydrogens is 240 g/mol. The lowest BCUT2D eigenvalue weighted by Crippen LogP contribution is -2.39. The lowest BCUT2D eigenvalue weighted by atomic mass is 9.85. The van der Waals surface area contributed by atoms with Gasteiger partial charge in [-0.2, -0.15) is 0 Å². The molecule has 0 saturated heterocycles. The lowest BCUT2D eigenvalue weighted by Gasteiger charge is -2.26. The van der Waals surface area contributed by atoms with E-state index in [4.69, 9.17) is 10.5 Å². The van der Waals surface area contributed by atoms with Crippen LogP contribution >= 0.6 is 0 Å². The Morgan fingerprint density at radius 2 is 1.89 bits per heavy atom. The Morgan fingerprint density at radius 3 is 2.63 bits per heavy atom. The van der Waals surface area contributed by atoms with E-state index < -0.39 is 0 Å². The fourth-order valence-electron chi connectivity index (χ4n) is 3.24. The first-order valence-corrected chi connectivity index (χ1v) is 7.90. The summed E-state index contributed by atoms with van der Waals surface area (Å²) >= 11 is 0. The second-order valence-corrected chi connectivity index (χ2v) is 6.05. The number of nitrogens with one attached hydrogen (secondary N) is 1. The average molecular weight is 268 g/mol. The molecule has 4 nitrogen and oxygen atoms in total. The quantitative estimate of drug-likeness (QED) is 0.749. The maximum atomic E-state index is 12.0. The normalized spacial score (nSPS) is 29.1. The predicted molar refractivity (Wildman–Crippen MR) is 75.8 cm³/mol. The summed E-state index contributed by atoms with van der Waals surface area (Å²) in [4.78, 5) is 12.0. The molecule has 4 heteroatoms. The first-order chi connectivity index (χ1) is 9.25. The van der Waals surface area contributed by atoms with Crippen molar-refractivity contribution in [1.29, 1.82) is 0 Å². The second kappa shape index (κ2) is 7.85. The Morgan fingerprint density at radius 1 is 1.11 bits per heavy atom. The van der Waals surface area contributed by atoms with Gasteiger partial charge in [-0.1, -0.05) is 25.7 Å². The molecule has 0 aromatic heterocycles. The fraction of sp³-hybridized carbons (Fsp3) is 0.933. The largest absolute Gasteiger partial charge is 0.376 e. The van der Waals surface area contributed by atoms with Crippen molar-refractivity contribution in [2.24, 2.45) is 11.7 Å². The van der Waals surface area contributed by atoms with Crippen molar-refractivity contribution in [2.75, 3.05) is 13.2 Å². The van der Waals surface area contributed by atoms with E-state index in [1.807, 2.05) is 0 Å². The van der Waals surface area contributed by atoms with E-state index in [9.17, 15) is 4.79 Å². The third kappa shape index (κ3) is 5.11. The van der Waals surface area contributed by atoms with Gasteiger partial charge >= 0.3 is 0 Å². The molecule has 0 radical (unpaired) electrons. The van der Waals surface area contributed by atoms with Gasteiger partial charge in [0.15, 0.2) is 0 Å². The van der Waals surface area contributed by atoms with Crippen molar-refractivity contribution in [2.45, 2.75) is 69.9 Å². The number of hydrogen-bond donors (Lipinski definition) is 2. The summed E-state index contributed by atoms with van der Waals surface area (Å²) in [5.74, 6) is 0.292. The van der Waals surface area contributed by atoms with Gasteiger partial charge in [-0.15, -0.1) is 0 Å². The zero-order valence-corrected chi connectivity index (χ0v) is 11.9. The van der Waals surface area contributed by atoms with Crippen molar-refractivity contribution < 1.29 is 9.53 Å². The molecule has 2 fully saturated rings. The lowest BCUT2D eigenvalue weighted by molar-refractivity contribution is -0.126. The van der Waals surface area contributed by atoms with Crippen LogP contribution in [0.15, 0.2) is 0 Å². The number of nitrogens with two attached hydrogens (primary N) is 1. The monoisotopic (exact) mass is 268 g/mol. The zero-order valence-electron chi connectivity index (χ0n) is 11.9. The molecule has 1 amide bonds. The van der Waals surface area contributed by atoms with E-state index in [1.54, 1.807) is 0 Å². The third-order valence-electron chi connectivity index (χ3n) is 4.39. The number of hydrogen-bond acceptors (Lipinski definition) is 3. The van der Waals surface area contributed by atoms with Crippen LogP contribution in [0.4, 0.5) is 0 Å². The van der Waals surface area contributed by atoms with E-state index in [0.29, 0.717) is 19.3 Å². The minimum Gasteiger partial charge on any atom is -0.376 e. The average Bonchev–Trinajstić information content (AvgIpc) is 2.44. The number of rotatable bonds is 5. The highest BCUT2D eigenvalue weighted by atomic mass is 16.5. The predicted octanol–water partition coefficient (Wildman–Crippen LogP) is 1.97. The molecule has 19 heavy (non-hydrogen) atoms. The van der Waals surface area contributed by atoms with Crippen molar-refractivity contribution in [1.82, 2.24) is 5.32 Å². The Hall–Kier alpha value is -0.610. The summed E-state index contributed by atoms with van der Waals surface area (Å²) in [5.41, 5.74) is 5.91. The Labute approximate surface area is 116 Å². The first kappa shape index (κ1) is 14.8. The third-order valence-corrected chi connectivity index (χ3v) is 4.39. The first-order valence-electron chi connectivity index (χ1n) is 7.90. The van der Waals surface area contributed by atoms with Crippen LogP contribution in [-0.2, 0) is 9.53 Å². The molecule has 2 atom stereocenters. The topological polar surface area (TPSA) is 64.4 Å². The van der Waals surface area contributed by atoms with E-state index in [1.165, 1.54) is 32.1 Å². The van der Waals surface area contributed by atoms with Crippen LogP contribution in [0, 0.1) is 5.92 Å². The molecule has 0 aromatic carbocycles. The van der Waals surface area contributed by atoms with E-state index in [0.717, 1.165) is 25.7 Å². The zero-order chi connectivity index (χ0) is 13.5.